The molecule has 1 aliphatic rings. The van der Waals surface area contributed by atoms with E-state index in [1.165, 1.54) is 5.56 Å². The Labute approximate surface area is 215 Å². The number of nitrogens with zero attached hydrogens (tertiary/aromatic N) is 6. The Kier molecular flexibility index (Phi) is 7.20. The molecule has 0 spiro atoms. The number of fused-ring (bicyclic) bond motifs is 1. The van der Waals surface area contributed by atoms with Gasteiger partial charge in [-0.25, -0.2) is 4.68 Å². The van der Waals surface area contributed by atoms with Gasteiger partial charge in [-0.05, 0) is 71.1 Å². The first-order valence-corrected chi connectivity index (χ1v) is 12.5. The number of hydrogen-bond donors (Lipinski definition) is 1. The molecule has 0 aliphatic carbocycles. The number of methoxy groups -OCH3 is 2. The van der Waals surface area contributed by atoms with Gasteiger partial charge < -0.3 is 19.4 Å². The SMILES string of the molecule is COCCn1nnnc1[C@H](c1cc2cc(C)c(C)cc2[nH]c1=O)N1CCN(c2ccccc2OC)CC1. The van der Waals surface area contributed by atoms with Crippen LogP contribution in [0.3, 0.4) is 0 Å². The molecule has 1 saturated heterocycles. The van der Waals surface area contributed by atoms with Gasteiger partial charge >= 0.3 is 0 Å². The van der Waals surface area contributed by atoms with Gasteiger partial charge in [0.15, 0.2) is 5.82 Å². The van der Waals surface area contributed by atoms with E-state index in [1.54, 1.807) is 18.9 Å². The van der Waals surface area contributed by atoms with E-state index in [0.717, 1.165) is 54.1 Å². The third-order valence-electron chi connectivity index (χ3n) is 7.20. The molecule has 0 unspecified atom stereocenters. The van der Waals surface area contributed by atoms with Crippen molar-refractivity contribution in [2.24, 2.45) is 0 Å². The van der Waals surface area contributed by atoms with E-state index >= 15 is 0 Å². The molecule has 1 atom stereocenters. The molecule has 10 nitrogen and oxygen atoms in total. The Bertz CT molecular complexity index is 1440. The number of aromatic amines is 1. The molecule has 0 bridgehead atoms. The molecule has 2 aromatic carbocycles. The average Bonchev–Trinajstić information content (AvgIpc) is 3.37. The molecular weight excluding hydrogens is 470 g/mol. The highest BCUT2D eigenvalue weighted by Gasteiger charge is 2.33. The summed E-state index contributed by atoms with van der Waals surface area (Å²) in [6, 6.07) is 13.8. The van der Waals surface area contributed by atoms with Crippen molar-refractivity contribution in [1.29, 1.82) is 0 Å². The van der Waals surface area contributed by atoms with Gasteiger partial charge in [-0.2, -0.15) is 0 Å². The van der Waals surface area contributed by atoms with Gasteiger partial charge in [-0.1, -0.05) is 12.1 Å². The number of rotatable bonds is 8. The number of ether oxygens (including phenoxy) is 2. The number of nitrogens with one attached hydrogen (secondary N) is 1. The van der Waals surface area contributed by atoms with E-state index in [4.69, 9.17) is 9.47 Å². The van der Waals surface area contributed by atoms with Crippen molar-refractivity contribution < 1.29 is 9.47 Å². The molecular formula is C27H33N7O3. The van der Waals surface area contributed by atoms with Crippen molar-refractivity contribution >= 4 is 16.6 Å². The zero-order valence-electron chi connectivity index (χ0n) is 21.8. The summed E-state index contributed by atoms with van der Waals surface area (Å²) in [4.78, 5) is 21.2. The lowest BCUT2D eigenvalue weighted by Crippen LogP contribution is -2.49. The number of para-hydroxylation sites is 2. The maximum atomic E-state index is 13.5. The number of H-pyrrole nitrogens is 1. The lowest BCUT2D eigenvalue weighted by Gasteiger charge is -2.40. The summed E-state index contributed by atoms with van der Waals surface area (Å²) in [5, 5.41) is 13.6. The molecule has 1 aliphatic heterocycles. The number of aryl methyl sites for hydroxylation is 2. The molecule has 0 amide bonds. The fourth-order valence-corrected chi connectivity index (χ4v) is 5.05. The molecule has 5 rings (SSSR count). The van der Waals surface area contributed by atoms with Crippen molar-refractivity contribution in [3.63, 3.8) is 0 Å². The Balaban J connectivity index is 1.53. The molecule has 37 heavy (non-hydrogen) atoms. The van der Waals surface area contributed by atoms with Gasteiger partial charge in [-0.3, -0.25) is 9.69 Å². The molecule has 0 radical (unpaired) electrons. The Morgan fingerprint density at radius 3 is 2.54 bits per heavy atom. The molecule has 2 aromatic heterocycles. The standard InChI is InChI=1S/C27H33N7O3/c1-18-15-20-17-21(27(35)28-22(20)16-19(18)2)25(26-29-30-31-34(26)13-14-36-3)33-11-9-32(10-12-33)23-7-5-6-8-24(23)37-4/h5-8,15-17,25H,9-14H2,1-4H3,(H,28,35)/t25-/m0/s1. The average molecular weight is 504 g/mol. The first-order valence-electron chi connectivity index (χ1n) is 12.5. The summed E-state index contributed by atoms with van der Waals surface area (Å²) in [7, 11) is 3.34. The third kappa shape index (κ3) is 4.94. The van der Waals surface area contributed by atoms with Gasteiger partial charge in [0, 0.05) is 44.4 Å². The summed E-state index contributed by atoms with van der Waals surface area (Å²) in [6.45, 7) is 8.11. The third-order valence-corrected chi connectivity index (χ3v) is 7.20. The molecule has 10 heteroatoms. The van der Waals surface area contributed by atoms with Crippen LogP contribution in [0.1, 0.15) is 28.6 Å². The second-order valence-electron chi connectivity index (χ2n) is 9.43. The monoisotopic (exact) mass is 503 g/mol. The smallest absolute Gasteiger partial charge is 0.253 e. The number of anilines is 1. The Morgan fingerprint density at radius 2 is 1.78 bits per heavy atom. The van der Waals surface area contributed by atoms with Crippen molar-refractivity contribution in [1.82, 2.24) is 30.1 Å². The van der Waals surface area contributed by atoms with Crippen LogP contribution in [0.2, 0.25) is 0 Å². The fraction of sp³-hybridized carbons (Fsp3) is 0.407. The van der Waals surface area contributed by atoms with Crippen molar-refractivity contribution in [3.05, 3.63) is 75.3 Å². The van der Waals surface area contributed by atoms with Crippen LogP contribution in [0.4, 0.5) is 5.69 Å². The van der Waals surface area contributed by atoms with Gasteiger partial charge in [0.1, 0.15) is 11.8 Å². The first-order chi connectivity index (χ1) is 18.0. The molecule has 4 aromatic rings. The van der Waals surface area contributed by atoms with Crippen molar-refractivity contribution in [2.45, 2.75) is 26.4 Å². The van der Waals surface area contributed by atoms with Crippen LogP contribution in [0.15, 0.2) is 47.3 Å². The number of benzene rings is 2. The Morgan fingerprint density at radius 1 is 1.03 bits per heavy atom. The molecule has 194 valence electrons. The number of aromatic nitrogens is 5. The maximum Gasteiger partial charge on any atom is 0.253 e. The summed E-state index contributed by atoms with van der Waals surface area (Å²) in [6.07, 6.45) is 0. The van der Waals surface area contributed by atoms with E-state index in [1.807, 2.05) is 30.3 Å². The van der Waals surface area contributed by atoms with E-state index in [9.17, 15) is 4.79 Å². The lowest BCUT2D eigenvalue weighted by atomic mass is 10.00. The molecule has 1 fully saturated rings. The Hall–Kier alpha value is -3.76. The van der Waals surface area contributed by atoms with Crippen LogP contribution in [-0.2, 0) is 11.3 Å². The topological polar surface area (TPSA) is 101 Å². The van der Waals surface area contributed by atoms with Crippen LogP contribution in [0, 0.1) is 13.8 Å². The minimum atomic E-state index is -0.401. The minimum absolute atomic E-state index is 0.130. The highest BCUT2D eigenvalue weighted by atomic mass is 16.5. The number of hydrogen-bond acceptors (Lipinski definition) is 8. The fourth-order valence-electron chi connectivity index (χ4n) is 5.05. The van der Waals surface area contributed by atoms with Gasteiger partial charge in [0.2, 0.25) is 0 Å². The van der Waals surface area contributed by atoms with Gasteiger partial charge in [0.25, 0.3) is 5.56 Å². The zero-order chi connectivity index (χ0) is 25.9. The van der Waals surface area contributed by atoms with Crippen molar-refractivity contribution in [3.8, 4) is 5.75 Å². The summed E-state index contributed by atoms with van der Waals surface area (Å²) in [5.41, 5.74) is 4.72. The van der Waals surface area contributed by atoms with E-state index in [2.05, 4.69) is 56.3 Å². The lowest BCUT2D eigenvalue weighted by molar-refractivity contribution is 0.171. The van der Waals surface area contributed by atoms with Crippen LogP contribution in [0.5, 0.6) is 5.75 Å². The molecule has 0 saturated carbocycles. The first kappa shape index (κ1) is 24.9. The molecule has 3 heterocycles. The van der Waals surface area contributed by atoms with Gasteiger partial charge in [0.05, 0.1) is 25.9 Å². The second kappa shape index (κ2) is 10.7. The van der Waals surface area contributed by atoms with E-state index < -0.39 is 6.04 Å². The number of piperazine rings is 1. The van der Waals surface area contributed by atoms with Crippen molar-refractivity contribution in [2.75, 3.05) is 51.9 Å². The van der Waals surface area contributed by atoms with E-state index in [-0.39, 0.29) is 5.56 Å². The van der Waals surface area contributed by atoms with Crippen LogP contribution in [-0.4, -0.2) is 77.1 Å². The van der Waals surface area contributed by atoms with E-state index in [0.29, 0.717) is 24.5 Å². The highest BCUT2D eigenvalue weighted by Crippen LogP contribution is 2.32. The van der Waals surface area contributed by atoms with Crippen LogP contribution >= 0.6 is 0 Å². The zero-order valence-corrected chi connectivity index (χ0v) is 21.8. The quantitative estimate of drug-likeness (QED) is 0.392. The largest absolute Gasteiger partial charge is 0.495 e. The second-order valence-corrected chi connectivity index (χ2v) is 9.43. The summed E-state index contributed by atoms with van der Waals surface area (Å²) in [5.74, 6) is 1.49. The predicted molar refractivity (Wildman–Crippen MR) is 142 cm³/mol. The number of tetrazole rings is 1. The summed E-state index contributed by atoms with van der Waals surface area (Å²) >= 11 is 0. The minimum Gasteiger partial charge on any atom is -0.495 e. The predicted octanol–water partition coefficient (Wildman–Crippen LogP) is 2.70. The summed E-state index contributed by atoms with van der Waals surface area (Å²) < 4.78 is 12.6. The number of pyridine rings is 1. The molecule has 1 N–H and O–H groups in total. The normalized spacial score (nSPS) is 15.3. The van der Waals surface area contributed by atoms with Crippen LogP contribution in [0.25, 0.3) is 10.9 Å². The van der Waals surface area contributed by atoms with Gasteiger partial charge in [-0.15, -0.1) is 5.10 Å². The van der Waals surface area contributed by atoms with Crippen LogP contribution < -0.4 is 15.2 Å². The highest BCUT2D eigenvalue weighted by molar-refractivity contribution is 5.81. The maximum absolute atomic E-state index is 13.5.